The predicted molar refractivity (Wildman–Crippen MR) is 114 cm³/mol. The Morgan fingerprint density at radius 3 is 2.31 bits per heavy atom. The van der Waals surface area contributed by atoms with E-state index < -0.39 is 10.0 Å². The van der Waals surface area contributed by atoms with Crippen molar-refractivity contribution in [1.82, 2.24) is 9.29 Å². The molecule has 3 aromatic rings. The molecule has 1 aliphatic rings. The van der Waals surface area contributed by atoms with E-state index in [-0.39, 0.29) is 12.5 Å². The molecule has 8 heteroatoms. The quantitative estimate of drug-likeness (QED) is 0.688. The van der Waals surface area contributed by atoms with Crippen LogP contribution in [0, 0.1) is 13.8 Å². The van der Waals surface area contributed by atoms with Crippen LogP contribution in [0.15, 0.2) is 53.4 Å². The summed E-state index contributed by atoms with van der Waals surface area (Å²) < 4.78 is 27.4. The third-order valence-corrected chi connectivity index (χ3v) is 7.75. The van der Waals surface area contributed by atoms with Crippen molar-refractivity contribution in [2.75, 3.05) is 11.9 Å². The van der Waals surface area contributed by atoms with E-state index in [1.807, 2.05) is 26.0 Å². The Kier molecular flexibility index (Phi) is 5.24. The van der Waals surface area contributed by atoms with E-state index >= 15 is 0 Å². The summed E-state index contributed by atoms with van der Waals surface area (Å²) in [7, 11) is -3.56. The fraction of sp³-hybridized carbons (Fsp3) is 0.238. The van der Waals surface area contributed by atoms with Crippen molar-refractivity contribution in [2.45, 2.75) is 31.7 Å². The number of fused-ring (bicyclic) bond motifs is 1. The van der Waals surface area contributed by atoms with Gasteiger partial charge >= 0.3 is 0 Å². The largest absolute Gasteiger partial charge is 0.298 e. The van der Waals surface area contributed by atoms with Gasteiger partial charge in [0.15, 0.2) is 5.13 Å². The molecule has 0 radical (unpaired) electrons. The van der Waals surface area contributed by atoms with Crippen molar-refractivity contribution in [1.29, 1.82) is 0 Å². The minimum absolute atomic E-state index is 0.222. The van der Waals surface area contributed by atoms with Gasteiger partial charge in [0.1, 0.15) is 0 Å². The number of nitrogens with one attached hydrogen (secondary N) is 1. The van der Waals surface area contributed by atoms with Gasteiger partial charge in [-0.3, -0.25) is 10.1 Å². The van der Waals surface area contributed by atoms with Crippen LogP contribution in [0.2, 0.25) is 0 Å². The van der Waals surface area contributed by atoms with E-state index in [1.165, 1.54) is 15.6 Å². The van der Waals surface area contributed by atoms with E-state index in [0.29, 0.717) is 28.6 Å². The van der Waals surface area contributed by atoms with Crippen LogP contribution in [0.25, 0.3) is 0 Å². The first-order valence-corrected chi connectivity index (χ1v) is 11.5. The number of aromatic nitrogens is 1. The van der Waals surface area contributed by atoms with E-state index in [9.17, 15) is 13.2 Å². The van der Waals surface area contributed by atoms with Crippen LogP contribution in [0.5, 0.6) is 0 Å². The van der Waals surface area contributed by atoms with Crippen molar-refractivity contribution in [3.05, 3.63) is 75.8 Å². The number of benzene rings is 2. The molecule has 1 aliphatic heterocycles. The van der Waals surface area contributed by atoms with E-state index in [1.54, 1.807) is 36.4 Å². The first-order chi connectivity index (χ1) is 13.8. The van der Waals surface area contributed by atoms with Crippen LogP contribution in [0.1, 0.15) is 32.1 Å². The summed E-state index contributed by atoms with van der Waals surface area (Å²) in [6.45, 7) is 4.53. The lowest BCUT2D eigenvalue weighted by atomic mass is 10.1. The molecular weight excluding hydrogens is 406 g/mol. The van der Waals surface area contributed by atoms with Crippen molar-refractivity contribution in [2.24, 2.45) is 0 Å². The Labute approximate surface area is 174 Å². The Balaban J connectivity index is 1.50. The van der Waals surface area contributed by atoms with E-state index in [4.69, 9.17) is 0 Å². The van der Waals surface area contributed by atoms with E-state index in [2.05, 4.69) is 10.3 Å². The smallest absolute Gasteiger partial charge is 0.257 e. The summed E-state index contributed by atoms with van der Waals surface area (Å²) >= 11 is 1.33. The number of aryl methyl sites for hydroxylation is 2. The van der Waals surface area contributed by atoms with Crippen LogP contribution in [0.3, 0.4) is 0 Å². The molecule has 0 saturated carbocycles. The first-order valence-electron chi connectivity index (χ1n) is 9.26. The molecule has 2 heterocycles. The molecule has 1 aromatic heterocycles. The van der Waals surface area contributed by atoms with Gasteiger partial charge in [0.25, 0.3) is 5.91 Å². The third kappa shape index (κ3) is 4.10. The predicted octanol–water partition coefficient (Wildman–Crippen LogP) is 3.76. The average molecular weight is 428 g/mol. The zero-order valence-electron chi connectivity index (χ0n) is 16.2. The summed E-state index contributed by atoms with van der Waals surface area (Å²) in [5, 5.41) is 3.32. The minimum Gasteiger partial charge on any atom is -0.298 e. The summed E-state index contributed by atoms with van der Waals surface area (Å²) in [6, 6.07) is 14.2. The number of thiazole rings is 1. The van der Waals surface area contributed by atoms with Crippen molar-refractivity contribution >= 4 is 32.4 Å². The Morgan fingerprint density at radius 2 is 1.66 bits per heavy atom. The molecule has 2 aromatic carbocycles. The van der Waals surface area contributed by atoms with Crippen LogP contribution in [-0.4, -0.2) is 30.2 Å². The normalized spacial score (nSPS) is 14.4. The zero-order chi connectivity index (χ0) is 20.6. The zero-order valence-corrected chi connectivity index (χ0v) is 17.8. The Hall–Kier alpha value is -2.55. The lowest BCUT2D eigenvalue weighted by molar-refractivity contribution is 0.102. The number of nitrogens with zero attached hydrogens (tertiary/aromatic N) is 2. The van der Waals surface area contributed by atoms with Gasteiger partial charge < -0.3 is 0 Å². The number of hydrogen-bond donors (Lipinski definition) is 1. The fourth-order valence-corrected chi connectivity index (χ4v) is 5.67. The van der Waals surface area contributed by atoms with Crippen molar-refractivity contribution < 1.29 is 13.2 Å². The third-order valence-electron chi connectivity index (χ3n) is 4.89. The van der Waals surface area contributed by atoms with Crippen molar-refractivity contribution in [3.8, 4) is 0 Å². The summed E-state index contributed by atoms with van der Waals surface area (Å²) in [6.07, 6.45) is 0.525. The highest BCUT2D eigenvalue weighted by atomic mass is 32.2. The van der Waals surface area contributed by atoms with Gasteiger partial charge in [-0.15, -0.1) is 11.3 Å². The van der Waals surface area contributed by atoms with Crippen LogP contribution in [0.4, 0.5) is 5.13 Å². The minimum atomic E-state index is -3.56. The van der Waals surface area contributed by atoms with Crippen molar-refractivity contribution in [3.63, 3.8) is 0 Å². The second-order valence-corrected chi connectivity index (χ2v) is 10.1. The topological polar surface area (TPSA) is 79.4 Å². The number of sulfonamides is 1. The molecule has 150 valence electrons. The number of carbonyl (C=O) groups is 1. The number of carbonyl (C=O) groups excluding carboxylic acids is 1. The molecule has 0 bridgehead atoms. The molecule has 6 nitrogen and oxygen atoms in total. The molecule has 1 N–H and O–H groups in total. The SMILES string of the molecule is Cc1ccc(C(=O)Nc2nc3c(s2)CN(S(=O)(=O)c2ccc(C)cc2)CC3)cc1. The van der Waals surface area contributed by atoms with Gasteiger partial charge in [-0.25, -0.2) is 13.4 Å². The molecule has 0 spiro atoms. The molecular formula is C21H21N3O3S2. The molecule has 0 saturated heterocycles. The Morgan fingerprint density at radius 1 is 1.03 bits per heavy atom. The van der Waals surface area contributed by atoms with Crippen LogP contribution in [-0.2, 0) is 23.0 Å². The van der Waals surface area contributed by atoms with Gasteiger partial charge in [0, 0.05) is 23.4 Å². The molecule has 0 atom stereocenters. The number of hydrogen-bond acceptors (Lipinski definition) is 5. The van der Waals surface area contributed by atoms with Gasteiger partial charge in [-0.1, -0.05) is 35.4 Å². The van der Waals surface area contributed by atoms with Gasteiger partial charge in [0.05, 0.1) is 17.1 Å². The molecule has 0 fully saturated rings. The lowest BCUT2D eigenvalue weighted by Crippen LogP contribution is -2.35. The van der Waals surface area contributed by atoms with Gasteiger partial charge in [0.2, 0.25) is 10.0 Å². The second-order valence-electron chi connectivity index (χ2n) is 7.11. The van der Waals surface area contributed by atoms with E-state index in [0.717, 1.165) is 21.7 Å². The Bertz CT molecular complexity index is 1150. The highest BCUT2D eigenvalue weighted by Crippen LogP contribution is 2.31. The second kappa shape index (κ2) is 7.70. The van der Waals surface area contributed by atoms with Crippen LogP contribution < -0.4 is 5.32 Å². The summed E-state index contributed by atoms with van der Waals surface area (Å²) in [5.74, 6) is -0.222. The molecule has 29 heavy (non-hydrogen) atoms. The standard InChI is InChI=1S/C21H21N3O3S2/c1-14-3-7-16(8-4-14)20(25)23-21-22-18-11-12-24(13-19(18)28-21)29(26,27)17-9-5-15(2)6-10-17/h3-10H,11-13H2,1-2H3,(H,22,23,25). The number of amides is 1. The highest BCUT2D eigenvalue weighted by Gasteiger charge is 2.30. The monoisotopic (exact) mass is 427 g/mol. The first kappa shape index (κ1) is 19.8. The van der Waals surface area contributed by atoms with Gasteiger partial charge in [-0.2, -0.15) is 4.31 Å². The average Bonchev–Trinajstić information content (AvgIpc) is 3.10. The maximum atomic E-state index is 12.9. The maximum absolute atomic E-state index is 12.9. The summed E-state index contributed by atoms with van der Waals surface area (Å²) in [4.78, 5) is 18.1. The van der Waals surface area contributed by atoms with Crippen LogP contribution >= 0.6 is 11.3 Å². The molecule has 0 aliphatic carbocycles. The molecule has 1 amide bonds. The fourth-order valence-electron chi connectivity index (χ4n) is 3.16. The number of anilines is 1. The highest BCUT2D eigenvalue weighted by molar-refractivity contribution is 7.89. The number of rotatable bonds is 4. The maximum Gasteiger partial charge on any atom is 0.257 e. The van der Waals surface area contributed by atoms with Gasteiger partial charge in [-0.05, 0) is 38.1 Å². The lowest BCUT2D eigenvalue weighted by Gasteiger charge is -2.25. The molecule has 0 unspecified atom stereocenters. The summed E-state index contributed by atoms with van der Waals surface area (Å²) in [5.41, 5.74) is 3.51. The molecule has 4 rings (SSSR count).